The van der Waals surface area contributed by atoms with E-state index in [2.05, 4.69) is 0 Å². The summed E-state index contributed by atoms with van der Waals surface area (Å²) < 4.78 is 17.9. The molecule has 0 amide bonds. The minimum atomic E-state index is -1.89. The molecule has 0 aliphatic heterocycles. The fourth-order valence-corrected chi connectivity index (χ4v) is 3.01. The van der Waals surface area contributed by atoms with Crippen molar-refractivity contribution in [3.05, 3.63) is 54.6 Å². The van der Waals surface area contributed by atoms with Gasteiger partial charge in [0.1, 0.15) is 13.6 Å². The van der Waals surface area contributed by atoms with Crippen molar-refractivity contribution >= 4 is 18.4 Å². The Morgan fingerprint density at radius 2 is 1.44 bits per heavy atom. The van der Waals surface area contributed by atoms with Gasteiger partial charge in [-0.1, -0.05) is 30.3 Å². The summed E-state index contributed by atoms with van der Waals surface area (Å²) in [5.41, 5.74) is 0. The highest BCUT2D eigenvalue weighted by atomic mass is 31.1. The first-order valence-corrected chi connectivity index (χ1v) is 7.44. The normalized spacial score (nSPS) is 12.4. The number of ether oxygens (including phenoxy) is 1. The molecule has 94 valence electrons. The van der Waals surface area contributed by atoms with Crippen LogP contribution in [0.2, 0.25) is 0 Å². The third kappa shape index (κ3) is 3.24. The van der Waals surface area contributed by atoms with Crippen LogP contribution in [0, 0.1) is 0 Å². The maximum Gasteiger partial charge on any atom is 0.131 e. The highest BCUT2D eigenvalue weighted by molar-refractivity contribution is 7.61. The number of rotatable bonds is 4. The summed E-state index contributed by atoms with van der Waals surface area (Å²) in [4.78, 5) is 0. The van der Waals surface area contributed by atoms with Gasteiger partial charge in [-0.05, 0) is 38.1 Å². The molecule has 0 aliphatic carbocycles. The second-order valence-electron chi connectivity index (χ2n) is 4.39. The van der Waals surface area contributed by atoms with Gasteiger partial charge in [0.15, 0.2) is 0 Å². The summed E-state index contributed by atoms with van der Waals surface area (Å²) >= 11 is 0. The maximum absolute atomic E-state index is 12.3. The van der Waals surface area contributed by atoms with Crippen LogP contribution in [-0.4, -0.2) is 6.10 Å². The monoisotopic (exact) mass is 260 g/mol. The van der Waals surface area contributed by atoms with Gasteiger partial charge in [-0.3, -0.25) is 0 Å². The molecule has 2 rings (SSSR count). The molecule has 2 nitrogen and oxygen atoms in total. The molecule has 2 aromatic carbocycles. The van der Waals surface area contributed by atoms with E-state index in [0.29, 0.717) is 0 Å². The van der Waals surface area contributed by atoms with Crippen molar-refractivity contribution in [1.29, 1.82) is 0 Å². The van der Waals surface area contributed by atoms with E-state index in [4.69, 9.17) is 4.74 Å². The van der Waals surface area contributed by atoms with Crippen LogP contribution < -0.4 is 15.3 Å². The lowest BCUT2D eigenvalue weighted by molar-refractivity contribution is 0.242. The zero-order valence-corrected chi connectivity index (χ0v) is 11.6. The van der Waals surface area contributed by atoms with Crippen molar-refractivity contribution in [3.8, 4) is 5.75 Å². The van der Waals surface area contributed by atoms with E-state index in [1.807, 2.05) is 68.4 Å². The molecule has 0 N–H and O–H groups in total. The van der Waals surface area contributed by atoms with E-state index in [1.54, 1.807) is 0 Å². The lowest BCUT2D eigenvalue weighted by atomic mass is 10.3. The highest BCUT2D eigenvalue weighted by Gasteiger charge is 2.06. The Kier molecular flexibility index (Phi) is 4.22. The van der Waals surface area contributed by atoms with Crippen molar-refractivity contribution in [2.75, 3.05) is 0 Å². The summed E-state index contributed by atoms with van der Waals surface area (Å²) in [6, 6.07) is 17.1. The van der Waals surface area contributed by atoms with Gasteiger partial charge in [0.05, 0.1) is 6.10 Å². The molecule has 0 saturated heterocycles. The predicted molar refractivity (Wildman–Crippen MR) is 76.9 cm³/mol. The summed E-state index contributed by atoms with van der Waals surface area (Å²) in [5, 5.41) is 1.75. The Morgan fingerprint density at radius 3 is 2.00 bits per heavy atom. The van der Waals surface area contributed by atoms with E-state index in [9.17, 15) is 4.57 Å². The molecule has 1 atom stereocenters. The molecule has 3 heteroatoms. The van der Waals surface area contributed by atoms with E-state index in [1.165, 1.54) is 0 Å². The third-order valence-electron chi connectivity index (χ3n) is 2.52. The first kappa shape index (κ1) is 12.9. The fourth-order valence-electron chi connectivity index (χ4n) is 1.71. The highest BCUT2D eigenvalue weighted by Crippen LogP contribution is 2.21. The summed E-state index contributed by atoms with van der Waals surface area (Å²) in [6.45, 7) is 3.97. The minimum absolute atomic E-state index is 0.155. The molecule has 0 spiro atoms. The van der Waals surface area contributed by atoms with Crippen LogP contribution in [0.15, 0.2) is 54.6 Å². The van der Waals surface area contributed by atoms with E-state index >= 15 is 0 Å². The molecular weight excluding hydrogens is 243 g/mol. The first-order valence-electron chi connectivity index (χ1n) is 6.03. The largest absolute Gasteiger partial charge is 0.491 e. The molecular formula is C15H17O2P. The van der Waals surface area contributed by atoms with Gasteiger partial charge in [-0.25, -0.2) is 0 Å². The average molecular weight is 260 g/mol. The SMILES string of the molecule is CC(C)Oc1ccc([PH](=O)c2ccccc2)cc1. The molecule has 0 aliphatic rings. The van der Waals surface area contributed by atoms with Crippen LogP contribution in [0.5, 0.6) is 5.75 Å². The van der Waals surface area contributed by atoms with E-state index in [-0.39, 0.29) is 6.10 Å². The van der Waals surface area contributed by atoms with Gasteiger partial charge in [0.25, 0.3) is 0 Å². The molecule has 0 fully saturated rings. The summed E-state index contributed by atoms with van der Waals surface area (Å²) in [6.07, 6.45) is 0.155. The smallest absolute Gasteiger partial charge is 0.131 e. The van der Waals surface area contributed by atoms with Crippen molar-refractivity contribution < 1.29 is 9.30 Å². The molecule has 0 heterocycles. The molecule has 0 aromatic heterocycles. The van der Waals surface area contributed by atoms with Gasteiger partial charge < -0.3 is 9.30 Å². The zero-order chi connectivity index (χ0) is 13.0. The molecule has 0 bridgehead atoms. The Labute approximate surface area is 108 Å². The van der Waals surface area contributed by atoms with E-state index in [0.717, 1.165) is 16.4 Å². The fraction of sp³-hybridized carbons (Fsp3) is 0.200. The standard InChI is InChI=1S/C15H17O2P/c1-12(2)17-13-8-10-15(11-9-13)18(16)14-6-4-3-5-7-14/h3-12,18H,1-2H3. The van der Waals surface area contributed by atoms with Crippen LogP contribution in [0.1, 0.15) is 13.8 Å². The van der Waals surface area contributed by atoms with Gasteiger partial charge >= 0.3 is 0 Å². The van der Waals surface area contributed by atoms with Gasteiger partial charge in [-0.2, -0.15) is 0 Å². The van der Waals surface area contributed by atoms with Crippen molar-refractivity contribution in [2.24, 2.45) is 0 Å². The van der Waals surface area contributed by atoms with E-state index < -0.39 is 7.80 Å². The predicted octanol–water partition coefficient (Wildman–Crippen LogP) is 2.98. The Morgan fingerprint density at radius 1 is 0.889 bits per heavy atom. The second kappa shape index (κ2) is 5.88. The molecule has 18 heavy (non-hydrogen) atoms. The second-order valence-corrected chi connectivity index (χ2v) is 6.20. The number of hydrogen-bond donors (Lipinski definition) is 0. The van der Waals surface area contributed by atoms with Crippen molar-refractivity contribution in [3.63, 3.8) is 0 Å². The van der Waals surface area contributed by atoms with Crippen LogP contribution in [0.3, 0.4) is 0 Å². The topological polar surface area (TPSA) is 26.3 Å². The van der Waals surface area contributed by atoms with Gasteiger partial charge in [0.2, 0.25) is 0 Å². The molecule has 0 radical (unpaired) electrons. The summed E-state index contributed by atoms with van der Waals surface area (Å²) in [5.74, 6) is 0.816. The van der Waals surface area contributed by atoms with Gasteiger partial charge in [0, 0.05) is 10.6 Å². The number of hydrogen-bond acceptors (Lipinski definition) is 2. The van der Waals surface area contributed by atoms with Crippen LogP contribution in [-0.2, 0) is 4.57 Å². The Hall–Kier alpha value is -1.53. The Balaban J connectivity index is 2.17. The van der Waals surface area contributed by atoms with Crippen LogP contribution >= 0.6 is 7.80 Å². The van der Waals surface area contributed by atoms with Crippen LogP contribution in [0.4, 0.5) is 0 Å². The quantitative estimate of drug-likeness (QED) is 0.790. The minimum Gasteiger partial charge on any atom is -0.491 e. The van der Waals surface area contributed by atoms with Crippen LogP contribution in [0.25, 0.3) is 0 Å². The average Bonchev–Trinajstić information content (AvgIpc) is 2.39. The molecule has 1 unspecified atom stereocenters. The zero-order valence-electron chi connectivity index (χ0n) is 10.6. The maximum atomic E-state index is 12.3. The lowest BCUT2D eigenvalue weighted by Crippen LogP contribution is -2.08. The molecule has 0 saturated carbocycles. The van der Waals surface area contributed by atoms with Crippen molar-refractivity contribution in [2.45, 2.75) is 20.0 Å². The van der Waals surface area contributed by atoms with Gasteiger partial charge in [-0.15, -0.1) is 0 Å². The number of benzene rings is 2. The Bertz CT molecular complexity index is 518. The molecule has 2 aromatic rings. The first-order chi connectivity index (χ1) is 8.66. The lowest BCUT2D eigenvalue weighted by Gasteiger charge is -2.10. The summed E-state index contributed by atoms with van der Waals surface area (Å²) in [7, 11) is -1.89. The van der Waals surface area contributed by atoms with Crippen molar-refractivity contribution in [1.82, 2.24) is 0 Å². The third-order valence-corrected chi connectivity index (χ3v) is 4.24.